The Morgan fingerprint density at radius 1 is 1.53 bits per heavy atom. The number of pyridine rings is 1. The summed E-state index contributed by atoms with van der Waals surface area (Å²) in [5.41, 5.74) is 4.70. The predicted molar refractivity (Wildman–Crippen MR) is 81.1 cm³/mol. The fraction of sp³-hybridized carbons (Fsp3) is 0.462. The number of hydrazone groups is 1. The van der Waals surface area contributed by atoms with Crippen molar-refractivity contribution in [2.75, 3.05) is 7.05 Å². The summed E-state index contributed by atoms with van der Waals surface area (Å²) in [5.74, 6) is 1.93. The van der Waals surface area contributed by atoms with Gasteiger partial charge in [0.05, 0.1) is 0 Å². The molecule has 97 valence electrons. The molecule has 1 unspecified atom stereocenters. The molecule has 19 heavy (non-hydrogen) atoms. The van der Waals surface area contributed by atoms with Gasteiger partial charge in [0.1, 0.15) is 0 Å². The molecule has 4 nitrogen and oxygen atoms in total. The molecule has 1 aliphatic heterocycles. The van der Waals surface area contributed by atoms with Crippen LogP contribution in [0.25, 0.3) is 0 Å². The Bertz CT molecular complexity index is 541. The van der Waals surface area contributed by atoms with Gasteiger partial charge in [-0.2, -0.15) is 0 Å². The molecule has 1 aliphatic carbocycles. The maximum absolute atomic E-state index is 5.87. The molecule has 2 aliphatic rings. The quantitative estimate of drug-likeness (QED) is 0.683. The molecular formula is C13H15BBrN4. The van der Waals surface area contributed by atoms with Crippen molar-refractivity contribution in [1.82, 2.24) is 15.3 Å². The number of aromatic nitrogens is 1. The van der Waals surface area contributed by atoms with E-state index in [1.807, 2.05) is 18.1 Å². The van der Waals surface area contributed by atoms with Crippen molar-refractivity contribution >= 4 is 35.0 Å². The van der Waals surface area contributed by atoms with Crippen molar-refractivity contribution < 1.29 is 0 Å². The number of rotatable bonds is 3. The summed E-state index contributed by atoms with van der Waals surface area (Å²) in [6, 6.07) is 4.15. The Labute approximate surface area is 122 Å². The minimum absolute atomic E-state index is 0.284. The first-order valence-corrected chi connectivity index (χ1v) is 7.27. The van der Waals surface area contributed by atoms with E-state index in [9.17, 15) is 0 Å². The average molecular weight is 318 g/mol. The average Bonchev–Trinajstić information content (AvgIpc) is 2.65. The van der Waals surface area contributed by atoms with Crippen LogP contribution in [0.3, 0.4) is 0 Å². The van der Waals surface area contributed by atoms with Crippen molar-refractivity contribution in [3.8, 4) is 0 Å². The zero-order valence-corrected chi connectivity index (χ0v) is 12.4. The van der Waals surface area contributed by atoms with Crippen molar-refractivity contribution in [2.24, 2.45) is 11.0 Å². The van der Waals surface area contributed by atoms with Crippen LogP contribution < -0.4 is 5.43 Å². The summed E-state index contributed by atoms with van der Waals surface area (Å²) in [6.45, 7) is 0. The molecule has 1 atom stereocenters. The monoisotopic (exact) mass is 317 g/mol. The van der Waals surface area contributed by atoms with Crippen molar-refractivity contribution in [2.45, 2.75) is 25.2 Å². The first-order valence-electron chi connectivity index (χ1n) is 6.48. The second kappa shape index (κ2) is 5.08. The van der Waals surface area contributed by atoms with Gasteiger partial charge in [0.2, 0.25) is 0 Å². The van der Waals surface area contributed by atoms with Gasteiger partial charge in [-0.25, -0.2) is 0 Å². The molecule has 0 bridgehead atoms. The maximum atomic E-state index is 5.87. The van der Waals surface area contributed by atoms with Crippen LogP contribution in [0.1, 0.15) is 30.7 Å². The van der Waals surface area contributed by atoms with Crippen molar-refractivity contribution in [3.63, 3.8) is 0 Å². The molecular weight excluding hydrogens is 303 g/mol. The molecule has 1 aromatic heterocycles. The van der Waals surface area contributed by atoms with E-state index in [4.69, 9.17) is 7.49 Å². The molecule has 0 amide bonds. The number of amidine groups is 1. The second-order valence-electron chi connectivity index (χ2n) is 5.11. The van der Waals surface area contributed by atoms with Crippen LogP contribution >= 0.6 is 15.9 Å². The van der Waals surface area contributed by atoms with Gasteiger partial charge in [-0.15, -0.1) is 0 Å². The van der Waals surface area contributed by atoms with Crippen LogP contribution in [0.2, 0.25) is 0 Å². The van der Waals surface area contributed by atoms with E-state index in [-0.39, 0.29) is 5.92 Å². The Morgan fingerprint density at radius 3 is 2.84 bits per heavy atom. The Balaban J connectivity index is 1.96. The number of nitrogens with one attached hydrogen (secondary N) is 1. The van der Waals surface area contributed by atoms with Crippen LogP contribution in [0.15, 0.2) is 28.0 Å². The standard InChI is InChI=1S/C13H15BBrN4/c1-19-12(17-18-13(19)14)11(8-3-2-4-8)9-5-6-16-10(15)7-9/h5-8,11,18H,2-4H2,1H3. The molecule has 6 heteroatoms. The minimum atomic E-state index is 0.284. The normalized spacial score (nSPS) is 20.8. The van der Waals surface area contributed by atoms with Gasteiger partial charge in [0.15, 0.2) is 0 Å². The Morgan fingerprint density at radius 2 is 2.32 bits per heavy atom. The molecule has 1 aromatic rings. The third kappa shape index (κ3) is 2.33. The number of hydrogen-bond donors (Lipinski definition) is 1. The van der Waals surface area contributed by atoms with Gasteiger partial charge in [-0.3, -0.25) is 0 Å². The molecule has 1 saturated carbocycles. The fourth-order valence-corrected chi connectivity index (χ4v) is 3.06. The zero-order chi connectivity index (χ0) is 13.4. The Hall–Kier alpha value is -1.17. The van der Waals surface area contributed by atoms with E-state index in [0.29, 0.717) is 11.6 Å². The summed E-state index contributed by atoms with van der Waals surface area (Å²) in [6.07, 6.45) is 5.63. The summed E-state index contributed by atoms with van der Waals surface area (Å²) >= 11 is 3.44. The third-order valence-electron chi connectivity index (χ3n) is 4.00. The number of hydrogen-bond acceptors (Lipinski definition) is 4. The van der Waals surface area contributed by atoms with E-state index in [1.54, 1.807) is 0 Å². The molecule has 3 rings (SSSR count). The molecule has 1 radical (unpaired) electrons. The van der Waals surface area contributed by atoms with Crippen molar-refractivity contribution in [3.05, 3.63) is 28.5 Å². The zero-order valence-electron chi connectivity index (χ0n) is 10.8. The van der Waals surface area contributed by atoms with Crippen LogP contribution in [0.5, 0.6) is 0 Å². The van der Waals surface area contributed by atoms with Gasteiger partial charge < -0.3 is 0 Å². The van der Waals surface area contributed by atoms with E-state index < -0.39 is 0 Å². The molecule has 1 N–H and O–H groups in total. The molecule has 0 spiro atoms. The number of nitrogens with zero attached hydrogens (tertiary/aromatic N) is 3. The molecule has 0 saturated heterocycles. The summed E-state index contributed by atoms with van der Waals surface area (Å²) in [7, 11) is 7.82. The SMILES string of the molecule is [B]=C1NN=C(C(c2ccnc(Br)c2)C2CCC2)N1C. The van der Waals surface area contributed by atoms with E-state index in [1.165, 1.54) is 24.8 Å². The van der Waals surface area contributed by atoms with Crippen LogP contribution in [-0.2, 0) is 0 Å². The summed E-state index contributed by atoms with van der Waals surface area (Å²) in [4.78, 5) is 6.15. The number of likely N-dealkylation sites (N-methyl/N-ethyl adjacent to an activating group) is 1. The van der Waals surface area contributed by atoms with Gasteiger partial charge in [-0.05, 0) is 0 Å². The first kappa shape index (κ1) is 12.8. The molecule has 2 heterocycles. The summed E-state index contributed by atoms with van der Waals surface area (Å²) in [5, 5.41) is 4.40. The van der Waals surface area contributed by atoms with Gasteiger partial charge in [0, 0.05) is 0 Å². The molecule has 1 fully saturated rings. The van der Waals surface area contributed by atoms with Crippen LogP contribution in [0, 0.1) is 5.92 Å². The predicted octanol–water partition coefficient (Wildman–Crippen LogP) is 1.83. The first-order chi connectivity index (χ1) is 9.16. The van der Waals surface area contributed by atoms with Gasteiger partial charge >= 0.3 is 122 Å². The van der Waals surface area contributed by atoms with Gasteiger partial charge in [0.25, 0.3) is 0 Å². The van der Waals surface area contributed by atoms with Crippen LogP contribution in [-0.4, -0.2) is 36.0 Å². The number of halogens is 1. The van der Waals surface area contributed by atoms with Gasteiger partial charge in [-0.1, -0.05) is 0 Å². The topological polar surface area (TPSA) is 40.5 Å². The Kier molecular flexibility index (Phi) is 3.43. The van der Waals surface area contributed by atoms with E-state index in [2.05, 4.69) is 43.6 Å². The third-order valence-corrected chi connectivity index (χ3v) is 4.43. The van der Waals surface area contributed by atoms with E-state index >= 15 is 0 Å². The summed E-state index contributed by atoms with van der Waals surface area (Å²) < 4.78 is 0.862. The van der Waals surface area contributed by atoms with Crippen molar-refractivity contribution in [1.29, 1.82) is 0 Å². The second-order valence-corrected chi connectivity index (χ2v) is 5.92. The fourth-order valence-electron chi connectivity index (χ4n) is 2.68. The van der Waals surface area contributed by atoms with Crippen LogP contribution in [0.4, 0.5) is 0 Å². The van der Waals surface area contributed by atoms with E-state index in [0.717, 1.165) is 10.4 Å². The molecule has 0 aromatic carbocycles.